The topological polar surface area (TPSA) is 56.8 Å². The molecule has 1 aromatic carbocycles. The minimum atomic E-state index is -0.227. The Kier molecular flexibility index (Phi) is 6.66. The van der Waals surface area contributed by atoms with E-state index in [2.05, 4.69) is 5.32 Å². The van der Waals surface area contributed by atoms with E-state index in [4.69, 9.17) is 14.2 Å². The first-order valence-electron chi connectivity index (χ1n) is 7.34. The average Bonchev–Trinajstić information content (AvgIpc) is 3.00. The van der Waals surface area contributed by atoms with Crippen molar-refractivity contribution in [3.63, 3.8) is 0 Å². The van der Waals surface area contributed by atoms with Crippen molar-refractivity contribution in [1.82, 2.24) is 5.32 Å². The number of nitrogens with one attached hydrogen (secondary N) is 1. The fourth-order valence-corrected chi connectivity index (χ4v) is 2.33. The van der Waals surface area contributed by atoms with Crippen molar-refractivity contribution in [3.8, 4) is 0 Å². The zero-order valence-electron chi connectivity index (χ0n) is 12.4. The number of hydrogen-bond acceptors (Lipinski definition) is 5. The average molecular weight is 293 g/mol. The first-order chi connectivity index (χ1) is 10.3. The Hall–Kier alpha value is -1.43. The van der Waals surface area contributed by atoms with E-state index in [0.717, 1.165) is 6.42 Å². The maximum Gasteiger partial charge on any atom is 0.322 e. The minimum Gasteiger partial charge on any atom is -0.468 e. The number of carbonyl (C=O) groups excluding carboxylic acids is 1. The molecule has 0 radical (unpaired) electrons. The highest BCUT2D eigenvalue weighted by molar-refractivity contribution is 5.76. The zero-order valence-corrected chi connectivity index (χ0v) is 12.4. The Morgan fingerprint density at radius 1 is 1.29 bits per heavy atom. The predicted octanol–water partition coefficient (Wildman–Crippen LogP) is 1.51. The molecular formula is C16H23NO4. The van der Waals surface area contributed by atoms with Crippen LogP contribution in [-0.2, 0) is 25.6 Å². The van der Waals surface area contributed by atoms with Crippen molar-refractivity contribution in [1.29, 1.82) is 0 Å². The molecular weight excluding hydrogens is 270 g/mol. The van der Waals surface area contributed by atoms with Gasteiger partial charge in [-0.3, -0.25) is 4.79 Å². The smallest absolute Gasteiger partial charge is 0.322 e. The van der Waals surface area contributed by atoms with Crippen LogP contribution in [0.5, 0.6) is 0 Å². The van der Waals surface area contributed by atoms with Crippen LogP contribution in [0.1, 0.15) is 18.4 Å². The summed E-state index contributed by atoms with van der Waals surface area (Å²) >= 11 is 0. The number of rotatable bonds is 8. The van der Waals surface area contributed by atoms with E-state index in [-0.39, 0.29) is 18.1 Å². The van der Waals surface area contributed by atoms with Gasteiger partial charge in [0.25, 0.3) is 0 Å². The van der Waals surface area contributed by atoms with Crippen molar-refractivity contribution in [2.45, 2.75) is 31.6 Å². The second kappa shape index (κ2) is 8.77. The molecule has 21 heavy (non-hydrogen) atoms. The summed E-state index contributed by atoms with van der Waals surface area (Å²) in [6.07, 6.45) is 1.62. The molecule has 0 aliphatic carbocycles. The van der Waals surface area contributed by atoms with E-state index in [9.17, 15) is 4.79 Å². The van der Waals surface area contributed by atoms with E-state index >= 15 is 0 Å². The Morgan fingerprint density at radius 3 is 2.86 bits per heavy atom. The summed E-state index contributed by atoms with van der Waals surface area (Å²) in [4.78, 5) is 11.3. The van der Waals surface area contributed by atoms with Crippen LogP contribution in [-0.4, -0.2) is 45.0 Å². The number of methoxy groups -OCH3 is 1. The summed E-state index contributed by atoms with van der Waals surface area (Å²) in [5.74, 6) is -0.215. The lowest BCUT2D eigenvalue weighted by molar-refractivity contribution is -0.142. The maximum atomic E-state index is 11.3. The standard InChI is InChI=1S/C16H23NO4/c1-19-16(18)15-10-14(11-17-15)21-9-5-8-20-12-13-6-3-2-4-7-13/h2-4,6-7,14-15,17H,5,8-12H2,1H3. The van der Waals surface area contributed by atoms with Gasteiger partial charge in [-0.1, -0.05) is 30.3 Å². The molecule has 1 aliphatic rings. The highest BCUT2D eigenvalue weighted by Crippen LogP contribution is 2.12. The van der Waals surface area contributed by atoms with E-state index in [1.165, 1.54) is 12.7 Å². The molecule has 1 aromatic rings. The van der Waals surface area contributed by atoms with Crippen LogP contribution in [0, 0.1) is 0 Å². The van der Waals surface area contributed by atoms with Gasteiger partial charge >= 0.3 is 5.97 Å². The van der Waals surface area contributed by atoms with E-state index < -0.39 is 0 Å². The van der Waals surface area contributed by atoms with Gasteiger partial charge in [0.15, 0.2) is 0 Å². The molecule has 5 nitrogen and oxygen atoms in total. The largest absolute Gasteiger partial charge is 0.468 e. The Labute approximate surface area is 125 Å². The van der Waals surface area contributed by atoms with Crippen LogP contribution < -0.4 is 5.32 Å². The molecule has 1 heterocycles. The Morgan fingerprint density at radius 2 is 2.10 bits per heavy atom. The third-order valence-corrected chi connectivity index (χ3v) is 3.47. The molecule has 5 heteroatoms. The summed E-state index contributed by atoms with van der Waals surface area (Å²) in [7, 11) is 1.41. The van der Waals surface area contributed by atoms with Gasteiger partial charge in [0.2, 0.25) is 0 Å². The van der Waals surface area contributed by atoms with E-state index in [1.807, 2.05) is 30.3 Å². The summed E-state index contributed by atoms with van der Waals surface area (Å²) < 4.78 is 16.0. The first kappa shape index (κ1) is 15.9. The van der Waals surface area contributed by atoms with Gasteiger partial charge in [-0.15, -0.1) is 0 Å². The van der Waals surface area contributed by atoms with Crippen LogP contribution >= 0.6 is 0 Å². The van der Waals surface area contributed by atoms with E-state index in [1.54, 1.807) is 0 Å². The van der Waals surface area contributed by atoms with Crippen LogP contribution in [0.15, 0.2) is 30.3 Å². The number of benzene rings is 1. The number of esters is 1. The monoisotopic (exact) mass is 293 g/mol. The molecule has 0 saturated carbocycles. The first-order valence-corrected chi connectivity index (χ1v) is 7.34. The summed E-state index contributed by atoms with van der Waals surface area (Å²) in [5, 5.41) is 3.10. The lowest BCUT2D eigenvalue weighted by atomic mass is 10.2. The molecule has 1 saturated heterocycles. The normalized spacial score (nSPS) is 21.4. The van der Waals surface area contributed by atoms with Gasteiger partial charge in [-0.2, -0.15) is 0 Å². The van der Waals surface area contributed by atoms with Crippen molar-refractivity contribution < 1.29 is 19.0 Å². The number of carbonyl (C=O) groups is 1. The van der Waals surface area contributed by atoms with Gasteiger partial charge in [0.05, 0.1) is 19.8 Å². The molecule has 1 N–H and O–H groups in total. The lowest BCUT2D eigenvalue weighted by Gasteiger charge is -2.11. The minimum absolute atomic E-state index is 0.0863. The fraction of sp³-hybridized carbons (Fsp3) is 0.562. The molecule has 0 aromatic heterocycles. The maximum absolute atomic E-state index is 11.3. The van der Waals surface area contributed by atoms with Crippen LogP contribution in [0.3, 0.4) is 0 Å². The highest BCUT2D eigenvalue weighted by atomic mass is 16.5. The second-order valence-electron chi connectivity index (χ2n) is 5.10. The zero-order chi connectivity index (χ0) is 14.9. The van der Waals surface area contributed by atoms with Crippen molar-refractivity contribution in [3.05, 3.63) is 35.9 Å². The Bertz CT molecular complexity index is 424. The van der Waals surface area contributed by atoms with Gasteiger partial charge in [0, 0.05) is 26.2 Å². The second-order valence-corrected chi connectivity index (χ2v) is 5.10. The van der Waals surface area contributed by atoms with Crippen molar-refractivity contribution in [2.24, 2.45) is 0 Å². The molecule has 0 bridgehead atoms. The SMILES string of the molecule is COC(=O)C1CC(OCCCOCc2ccccc2)CN1. The number of hydrogen-bond donors (Lipinski definition) is 1. The summed E-state index contributed by atoms with van der Waals surface area (Å²) in [6.45, 7) is 2.66. The predicted molar refractivity (Wildman–Crippen MR) is 78.9 cm³/mol. The Balaban J connectivity index is 1.50. The van der Waals surface area contributed by atoms with Crippen LogP contribution in [0.4, 0.5) is 0 Å². The van der Waals surface area contributed by atoms with Crippen molar-refractivity contribution >= 4 is 5.97 Å². The third-order valence-electron chi connectivity index (χ3n) is 3.47. The molecule has 116 valence electrons. The van der Waals surface area contributed by atoms with Gasteiger partial charge in [-0.25, -0.2) is 0 Å². The van der Waals surface area contributed by atoms with Crippen LogP contribution in [0.2, 0.25) is 0 Å². The van der Waals surface area contributed by atoms with Crippen molar-refractivity contribution in [2.75, 3.05) is 26.9 Å². The summed E-state index contributed by atoms with van der Waals surface area (Å²) in [5.41, 5.74) is 1.18. The molecule has 2 atom stereocenters. The van der Waals surface area contributed by atoms with E-state index in [0.29, 0.717) is 32.8 Å². The summed E-state index contributed by atoms with van der Waals surface area (Å²) in [6, 6.07) is 9.88. The molecule has 2 rings (SSSR count). The molecule has 0 amide bonds. The molecule has 2 unspecified atom stereocenters. The number of ether oxygens (including phenoxy) is 3. The van der Waals surface area contributed by atoms with Gasteiger partial charge in [0.1, 0.15) is 6.04 Å². The third kappa shape index (κ3) is 5.46. The van der Waals surface area contributed by atoms with Gasteiger partial charge < -0.3 is 19.5 Å². The quantitative estimate of drug-likeness (QED) is 0.581. The van der Waals surface area contributed by atoms with Crippen LogP contribution in [0.25, 0.3) is 0 Å². The highest BCUT2D eigenvalue weighted by Gasteiger charge is 2.30. The van der Waals surface area contributed by atoms with Gasteiger partial charge in [-0.05, 0) is 12.0 Å². The molecule has 1 fully saturated rings. The lowest BCUT2D eigenvalue weighted by Crippen LogP contribution is -2.31. The fourth-order valence-electron chi connectivity index (χ4n) is 2.33. The molecule has 1 aliphatic heterocycles. The molecule has 0 spiro atoms.